The van der Waals surface area contributed by atoms with Crippen LogP contribution in [-0.2, 0) is 14.2 Å². The van der Waals surface area contributed by atoms with E-state index in [0.29, 0.717) is 26.4 Å². The quantitative estimate of drug-likeness (QED) is 0.666. The van der Waals surface area contributed by atoms with Crippen LogP contribution in [-0.4, -0.2) is 45.2 Å². The van der Waals surface area contributed by atoms with Crippen LogP contribution in [0.4, 0.5) is 4.79 Å². The average molecular weight is 247 g/mol. The molecule has 0 saturated carbocycles. The van der Waals surface area contributed by atoms with E-state index in [2.05, 4.69) is 5.32 Å². The Kier molecular flexibility index (Phi) is 8.80. The van der Waals surface area contributed by atoms with Crippen LogP contribution in [0.25, 0.3) is 0 Å². The van der Waals surface area contributed by atoms with E-state index >= 15 is 0 Å². The number of carbonyl (C=O) groups excluding carboxylic acids is 1. The van der Waals surface area contributed by atoms with E-state index < -0.39 is 5.60 Å². The number of carbonyl (C=O) groups is 1. The van der Waals surface area contributed by atoms with E-state index in [0.717, 1.165) is 12.8 Å². The first-order valence-corrected chi connectivity index (χ1v) is 5.99. The van der Waals surface area contributed by atoms with Crippen LogP contribution in [0, 0.1) is 0 Å². The first kappa shape index (κ1) is 16.2. The SMILES string of the molecule is COCCOCCCCNC(=O)OC(C)(C)C. The molecule has 0 rings (SSSR count). The fourth-order valence-corrected chi connectivity index (χ4v) is 1.08. The lowest BCUT2D eigenvalue weighted by Gasteiger charge is -2.19. The van der Waals surface area contributed by atoms with E-state index in [1.54, 1.807) is 7.11 Å². The summed E-state index contributed by atoms with van der Waals surface area (Å²) < 4.78 is 15.2. The summed E-state index contributed by atoms with van der Waals surface area (Å²) in [6.45, 7) is 8.08. The standard InChI is InChI=1S/C12H25NO4/c1-12(2,3)17-11(14)13-7-5-6-8-16-10-9-15-4/h5-10H2,1-4H3,(H,13,14). The van der Waals surface area contributed by atoms with Gasteiger partial charge in [-0.3, -0.25) is 0 Å². The van der Waals surface area contributed by atoms with Gasteiger partial charge < -0.3 is 19.5 Å². The minimum atomic E-state index is -0.437. The van der Waals surface area contributed by atoms with E-state index in [1.807, 2.05) is 20.8 Å². The normalized spacial score (nSPS) is 11.3. The molecule has 0 unspecified atom stereocenters. The van der Waals surface area contributed by atoms with Gasteiger partial charge in [0.05, 0.1) is 13.2 Å². The molecule has 5 nitrogen and oxygen atoms in total. The summed E-state index contributed by atoms with van der Waals surface area (Å²) in [6, 6.07) is 0. The number of amides is 1. The fraction of sp³-hybridized carbons (Fsp3) is 0.917. The molecule has 0 aliphatic rings. The van der Waals surface area contributed by atoms with Gasteiger partial charge in [0.1, 0.15) is 5.60 Å². The van der Waals surface area contributed by atoms with Crippen molar-refractivity contribution in [3.8, 4) is 0 Å². The molecule has 0 heterocycles. The molecule has 0 aliphatic carbocycles. The number of hydrogen-bond acceptors (Lipinski definition) is 4. The molecule has 0 fully saturated rings. The van der Waals surface area contributed by atoms with Crippen molar-refractivity contribution in [3.05, 3.63) is 0 Å². The number of rotatable bonds is 8. The molecule has 0 aromatic carbocycles. The highest BCUT2D eigenvalue weighted by atomic mass is 16.6. The van der Waals surface area contributed by atoms with Gasteiger partial charge in [0.15, 0.2) is 0 Å². The second-order valence-corrected chi connectivity index (χ2v) is 4.74. The Labute approximate surface area is 104 Å². The molecule has 0 spiro atoms. The molecular weight excluding hydrogens is 222 g/mol. The third-order valence-electron chi connectivity index (χ3n) is 1.82. The zero-order chi connectivity index (χ0) is 13.1. The first-order chi connectivity index (χ1) is 7.95. The van der Waals surface area contributed by atoms with E-state index in [4.69, 9.17) is 14.2 Å². The van der Waals surface area contributed by atoms with Crippen LogP contribution < -0.4 is 5.32 Å². The van der Waals surface area contributed by atoms with Crippen LogP contribution >= 0.6 is 0 Å². The summed E-state index contributed by atoms with van der Waals surface area (Å²) >= 11 is 0. The molecule has 1 amide bonds. The van der Waals surface area contributed by atoms with Gasteiger partial charge in [-0.25, -0.2) is 4.79 Å². The summed E-state index contributed by atoms with van der Waals surface area (Å²) in [5.41, 5.74) is -0.437. The fourth-order valence-electron chi connectivity index (χ4n) is 1.08. The number of alkyl carbamates (subject to hydrolysis) is 1. The van der Waals surface area contributed by atoms with Crippen LogP contribution in [0.5, 0.6) is 0 Å². The van der Waals surface area contributed by atoms with Crippen molar-refractivity contribution in [2.45, 2.75) is 39.2 Å². The smallest absolute Gasteiger partial charge is 0.407 e. The van der Waals surface area contributed by atoms with Gasteiger partial charge in [-0.1, -0.05) is 0 Å². The third kappa shape index (κ3) is 13.1. The minimum absolute atomic E-state index is 0.363. The zero-order valence-corrected chi connectivity index (χ0v) is 11.4. The van der Waals surface area contributed by atoms with E-state index in [-0.39, 0.29) is 6.09 Å². The highest BCUT2D eigenvalue weighted by Gasteiger charge is 2.15. The zero-order valence-electron chi connectivity index (χ0n) is 11.4. The average Bonchev–Trinajstić information content (AvgIpc) is 2.19. The predicted octanol–water partition coefficient (Wildman–Crippen LogP) is 1.95. The minimum Gasteiger partial charge on any atom is -0.444 e. The molecule has 0 aliphatic heterocycles. The molecule has 0 radical (unpaired) electrons. The molecule has 1 N–H and O–H groups in total. The number of methoxy groups -OCH3 is 1. The number of hydrogen-bond donors (Lipinski definition) is 1. The Bertz CT molecular complexity index is 201. The van der Waals surface area contributed by atoms with Crippen LogP contribution in [0.15, 0.2) is 0 Å². The lowest BCUT2D eigenvalue weighted by atomic mass is 10.2. The predicted molar refractivity (Wildman–Crippen MR) is 66.2 cm³/mol. The molecule has 0 atom stereocenters. The summed E-state index contributed by atoms with van der Waals surface area (Å²) in [5, 5.41) is 2.70. The van der Waals surface area contributed by atoms with Crippen molar-refractivity contribution < 1.29 is 19.0 Å². The van der Waals surface area contributed by atoms with Crippen LogP contribution in [0.1, 0.15) is 33.6 Å². The maximum absolute atomic E-state index is 11.3. The van der Waals surface area contributed by atoms with Gasteiger partial charge >= 0.3 is 6.09 Å². The Morgan fingerprint density at radius 2 is 1.82 bits per heavy atom. The number of unbranched alkanes of at least 4 members (excludes halogenated alkanes) is 1. The van der Waals surface area contributed by atoms with Gasteiger partial charge in [0.25, 0.3) is 0 Å². The summed E-state index contributed by atoms with van der Waals surface area (Å²) in [4.78, 5) is 11.3. The highest BCUT2D eigenvalue weighted by Crippen LogP contribution is 2.06. The van der Waals surface area contributed by atoms with Crippen LogP contribution in [0.3, 0.4) is 0 Å². The maximum Gasteiger partial charge on any atom is 0.407 e. The Balaban J connectivity index is 3.25. The first-order valence-electron chi connectivity index (χ1n) is 5.99. The monoisotopic (exact) mass is 247 g/mol. The van der Waals surface area contributed by atoms with Gasteiger partial charge in [0.2, 0.25) is 0 Å². The third-order valence-corrected chi connectivity index (χ3v) is 1.82. The van der Waals surface area contributed by atoms with E-state index in [9.17, 15) is 4.79 Å². The lowest BCUT2D eigenvalue weighted by molar-refractivity contribution is 0.0519. The molecule has 102 valence electrons. The van der Waals surface area contributed by atoms with Gasteiger partial charge in [-0.15, -0.1) is 0 Å². The molecule has 0 saturated heterocycles. The second-order valence-electron chi connectivity index (χ2n) is 4.74. The molecule has 0 aromatic rings. The van der Waals surface area contributed by atoms with Gasteiger partial charge in [0, 0.05) is 20.3 Å². The maximum atomic E-state index is 11.3. The summed E-state index contributed by atoms with van der Waals surface area (Å²) in [5.74, 6) is 0. The van der Waals surface area contributed by atoms with Crippen molar-refractivity contribution in [1.29, 1.82) is 0 Å². The van der Waals surface area contributed by atoms with Gasteiger partial charge in [-0.2, -0.15) is 0 Å². The molecule has 0 aromatic heterocycles. The van der Waals surface area contributed by atoms with E-state index in [1.165, 1.54) is 0 Å². The lowest BCUT2D eigenvalue weighted by Crippen LogP contribution is -2.33. The second kappa shape index (κ2) is 9.24. The Hall–Kier alpha value is -0.810. The number of nitrogens with one attached hydrogen (secondary N) is 1. The molecule has 5 heteroatoms. The molecule has 17 heavy (non-hydrogen) atoms. The van der Waals surface area contributed by atoms with Gasteiger partial charge in [-0.05, 0) is 33.6 Å². The molecular formula is C12H25NO4. The van der Waals surface area contributed by atoms with Crippen molar-refractivity contribution in [3.63, 3.8) is 0 Å². The highest BCUT2D eigenvalue weighted by molar-refractivity contribution is 5.67. The molecule has 0 bridgehead atoms. The number of ether oxygens (including phenoxy) is 3. The summed E-state index contributed by atoms with van der Waals surface area (Å²) in [7, 11) is 1.65. The summed E-state index contributed by atoms with van der Waals surface area (Å²) in [6.07, 6.45) is 1.43. The van der Waals surface area contributed by atoms with Crippen LogP contribution in [0.2, 0.25) is 0 Å². The van der Waals surface area contributed by atoms with Crippen molar-refractivity contribution in [2.75, 3.05) is 33.5 Å². The van der Waals surface area contributed by atoms with Crippen molar-refractivity contribution in [2.24, 2.45) is 0 Å². The largest absolute Gasteiger partial charge is 0.444 e. The van der Waals surface area contributed by atoms with Crippen molar-refractivity contribution in [1.82, 2.24) is 5.32 Å². The van der Waals surface area contributed by atoms with Crippen molar-refractivity contribution >= 4 is 6.09 Å². The Morgan fingerprint density at radius 1 is 1.12 bits per heavy atom. The Morgan fingerprint density at radius 3 is 2.41 bits per heavy atom. The topological polar surface area (TPSA) is 56.8 Å².